The minimum Gasteiger partial charge on any atom is -0.355 e. The van der Waals surface area contributed by atoms with Crippen LogP contribution in [0.15, 0.2) is 59.2 Å². The van der Waals surface area contributed by atoms with E-state index in [1.165, 1.54) is 0 Å². The maximum absolute atomic E-state index is 11.7. The summed E-state index contributed by atoms with van der Waals surface area (Å²) in [6.45, 7) is 2.93. The summed E-state index contributed by atoms with van der Waals surface area (Å²) in [5, 5.41) is 2.63. The lowest BCUT2D eigenvalue weighted by Gasteiger charge is -2.01. The van der Waals surface area contributed by atoms with Crippen LogP contribution >= 0.6 is 15.9 Å². The van der Waals surface area contributed by atoms with Crippen molar-refractivity contribution in [2.75, 3.05) is 7.05 Å². The minimum absolute atomic E-state index is 0.0891. The second kappa shape index (κ2) is 8.15. The van der Waals surface area contributed by atoms with Crippen LogP contribution in [0.1, 0.15) is 28.7 Å². The van der Waals surface area contributed by atoms with Gasteiger partial charge in [-0.25, -0.2) is 4.98 Å². The van der Waals surface area contributed by atoms with E-state index in [0.29, 0.717) is 5.56 Å². The third kappa shape index (κ3) is 4.11. The van der Waals surface area contributed by atoms with Gasteiger partial charge >= 0.3 is 0 Å². The Morgan fingerprint density at radius 1 is 1.12 bits per heavy atom. The highest BCUT2D eigenvalue weighted by atomic mass is 79.9. The van der Waals surface area contributed by atoms with E-state index in [1.807, 2.05) is 48.7 Å². The number of carbonyl (C=O) groups excluding carboxylic acids is 1. The first-order valence-corrected chi connectivity index (χ1v) is 9.23. The van der Waals surface area contributed by atoms with Gasteiger partial charge in [-0.15, -0.1) is 0 Å². The van der Waals surface area contributed by atoms with E-state index >= 15 is 0 Å². The van der Waals surface area contributed by atoms with Crippen LogP contribution in [-0.4, -0.2) is 22.5 Å². The van der Waals surface area contributed by atoms with Crippen LogP contribution < -0.4 is 5.32 Å². The molecule has 0 atom stereocenters. The molecule has 2 aromatic carbocycles. The van der Waals surface area contributed by atoms with Gasteiger partial charge in [-0.1, -0.05) is 46.3 Å². The Kier molecular flexibility index (Phi) is 5.68. The number of hydrogen-bond acceptors (Lipinski definition) is 2. The summed E-state index contributed by atoms with van der Waals surface area (Å²) in [5.74, 6) is 0.814. The molecule has 0 saturated carbocycles. The topological polar surface area (TPSA) is 46.9 Å². The second-order valence-corrected chi connectivity index (χ2v) is 6.73. The summed E-state index contributed by atoms with van der Waals surface area (Å²) in [6, 6.07) is 15.6. The predicted molar refractivity (Wildman–Crippen MR) is 110 cm³/mol. The molecule has 26 heavy (non-hydrogen) atoms. The fraction of sp³-hybridized carbons (Fsp3) is 0.143. The number of benzene rings is 2. The largest absolute Gasteiger partial charge is 0.355 e. The Balaban J connectivity index is 1.86. The summed E-state index contributed by atoms with van der Waals surface area (Å²) in [7, 11) is 1.63. The molecule has 0 saturated heterocycles. The number of aromatic nitrogens is 2. The first-order chi connectivity index (χ1) is 12.6. The van der Waals surface area contributed by atoms with Crippen molar-refractivity contribution in [2.45, 2.75) is 13.5 Å². The number of rotatable bonds is 5. The third-order valence-corrected chi connectivity index (χ3v) is 4.64. The van der Waals surface area contributed by atoms with Crippen molar-refractivity contribution in [1.82, 2.24) is 14.9 Å². The highest BCUT2D eigenvalue weighted by molar-refractivity contribution is 9.10. The van der Waals surface area contributed by atoms with Gasteiger partial charge in [0.05, 0.1) is 5.69 Å². The lowest BCUT2D eigenvalue weighted by atomic mass is 10.1. The molecular weight excluding hydrogens is 390 g/mol. The molecule has 4 nitrogen and oxygen atoms in total. The van der Waals surface area contributed by atoms with Gasteiger partial charge in [0.25, 0.3) is 5.91 Å². The first kappa shape index (κ1) is 18.1. The fourth-order valence-electron chi connectivity index (χ4n) is 2.64. The second-order valence-electron chi connectivity index (χ2n) is 5.81. The average Bonchev–Trinajstić information content (AvgIpc) is 3.10. The van der Waals surface area contributed by atoms with E-state index in [9.17, 15) is 4.79 Å². The molecule has 1 aromatic heterocycles. The molecule has 0 aliphatic carbocycles. The molecule has 1 N–H and O–H groups in total. The van der Waals surface area contributed by atoms with Crippen molar-refractivity contribution >= 4 is 34.0 Å². The third-order valence-electron chi connectivity index (χ3n) is 4.11. The van der Waals surface area contributed by atoms with E-state index in [2.05, 4.69) is 50.9 Å². The van der Waals surface area contributed by atoms with E-state index < -0.39 is 0 Å². The van der Waals surface area contributed by atoms with E-state index in [1.54, 1.807) is 7.05 Å². The maximum atomic E-state index is 11.7. The maximum Gasteiger partial charge on any atom is 0.251 e. The Hall–Kier alpha value is -2.66. The number of halogens is 1. The van der Waals surface area contributed by atoms with Gasteiger partial charge in [0, 0.05) is 35.4 Å². The number of nitrogens with zero attached hydrogens (tertiary/aromatic N) is 2. The van der Waals surface area contributed by atoms with Crippen molar-refractivity contribution in [3.05, 3.63) is 76.2 Å². The zero-order valence-electron chi connectivity index (χ0n) is 14.7. The molecule has 1 amide bonds. The van der Waals surface area contributed by atoms with Gasteiger partial charge in [0.2, 0.25) is 0 Å². The molecule has 3 aromatic rings. The van der Waals surface area contributed by atoms with Crippen LogP contribution in [0.5, 0.6) is 0 Å². The molecule has 5 heteroatoms. The van der Waals surface area contributed by atoms with Gasteiger partial charge in [0.1, 0.15) is 5.82 Å². The lowest BCUT2D eigenvalue weighted by molar-refractivity contribution is 0.0963. The monoisotopic (exact) mass is 409 g/mol. The van der Waals surface area contributed by atoms with Crippen LogP contribution in [0.25, 0.3) is 23.4 Å². The van der Waals surface area contributed by atoms with Crippen molar-refractivity contribution < 1.29 is 4.79 Å². The fourth-order valence-corrected chi connectivity index (χ4v) is 2.90. The molecule has 0 radical (unpaired) electrons. The summed E-state index contributed by atoms with van der Waals surface area (Å²) < 4.78 is 3.17. The number of aryl methyl sites for hydroxylation is 1. The van der Waals surface area contributed by atoms with Crippen LogP contribution in [0.4, 0.5) is 0 Å². The predicted octanol–water partition coefficient (Wildman–Crippen LogP) is 4.86. The molecule has 1 heterocycles. The Morgan fingerprint density at radius 2 is 1.81 bits per heavy atom. The standard InChI is InChI=1S/C21H20BrN3O/c1-3-25-14-19(16-7-9-17(10-8-16)21(26)23-2)24-20(25)13-6-15-4-11-18(22)12-5-15/h4-14H,3H2,1-2H3,(H,23,26)/b13-6+. The van der Waals surface area contributed by atoms with Gasteiger partial charge in [-0.3, -0.25) is 4.79 Å². The number of imidazole rings is 1. The molecular formula is C21H20BrN3O. The lowest BCUT2D eigenvalue weighted by Crippen LogP contribution is -2.17. The SMILES string of the molecule is CCn1cc(-c2ccc(C(=O)NC)cc2)nc1/C=C/c1ccc(Br)cc1. The van der Waals surface area contributed by atoms with Crippen LogP contribution in [-0.2, 0) is 6.54 Å². The van der Waals surface area contributed by atoms with Crippen molar-refractivity contribution in [2.24, 2.45) is 0 Å². The van der Waals surface area contributed by atoms with Gasteiger partial charge < -0.3 is 9.88 Å². The molecule has 0 aliphatic rings. The summed E-state index contributed by atoms with van der Waals surface area (Å²) in [5.41, 5.74) is 3.64. The van der Waals surface area contributed by atoms with Crippen molar-refractivity contribution in [3.8, 4) is 11.3 Å². The molecule has 0 aliphatic heterocycles. The van der Waals surface area contributed by atoms with Crippen LogP contribution in [0.3, 0.4) is 0 Å². The Bertz CT molecular complexity index is 925. The normalized spacial score (nSPS) is 11.0. The number of carbonyl (C=O) groups is 1. The minimum atomic E-state index is -0.0891. The van der Waals surface area contributed by atoms with Crippen LogP contribution in [0.2, 0.25) is 0 Å². The number of hydrogen-bond donors (Lipinski definition) is 1. The van der Waals surface area contributed by atoms with Crippen molar-refractivity contribution in [3.63, 3.8) is 0 Å². The van der Waals surface area contributed by atoms with Gasteiger partial charge in [-0.2, -0.15) is 0 Å². The number of nitrogens with one attached hydrogen (secondary N) is 1. The zero-order chi connectivity index (χ0) is 18.5. The zero-order valence-corrected chi connectivity index (χ0v) is 16.3. The molecule has 0 spiro atoms. The Morgan fingerprint density at radius 3 is 2.42 bits per heavy atom. The Labute approximate surface area is 161 Å². The molecule has 0 unspecified atom stereocenters. The smallest absolute Gasteiger partial charge is 0.251 e. The first-order valence-electron chi connectivity index (χ1n) is 8.44. The number of amides is 1. The average molecular weight is 410 g/mol. The molecule has 3 rings (SSSR count). The summed E-state index contributed by atoms with van der Waals surface area (Å²) in [4.78, 5) is 16.4. The highest BCUT2D eigenvalue weighted by Gasteiger charge is 2.08. The van der Waals surface area contributed by atoms with E-state index in [4.69, 9.17) is 4.98 Å². The molecule has 0 fully saturated rings. The molecule has 0 bridgehead atoms. The van der Waals surface area contributed by atoms with Crippen molar-refractivity contribution in [1.29, 1.82) is 0 Å². The summed E-state index contributed by atoms with van der Waals surface area (Å²) >= 11 is 3.45. The van der Waals surface area contributed by atoms with Crippen LogP contribution in [0, 0.1) is 0 Å². The summed E-state index contributed by atoms with van der Waals surface area (Å²) in [6.07, 6.45) is 6.12. The molecule has 132 valence electrons. The quantitative estimate of drug-likeness (QED) is 0.653. The van der Waals surface area contributed by atoms with E-state index in [-0.39, 0.29) is 5.91 Å². The van der Waals surface area contributed by atoms with Gasteiger partial charge in [0.15, 0.2) is 0 Å². The highest BCUT2D eigenvalue weighted by Crippen LogP contribution is 2.21. The van der Waals surface area contributed by atoms with E-state index in [0.717, 1.165) is 33.7 Å². The van der Waals surface area contributed by atoms with Gasteiger partial charge in [-0.05, 0) is 42.8 Å².